The van der Waals surface area contributed by atoms with E-state index in [2.05, 4.69) is 5.32 Å². The standard InChI is InChI=1S/C30H34Cl2N2O2/c1-4-21(3)33-30(36)28(5-2)34(20-25-26(31)17-12-18-27(25)32)29(35)19-24(22-13-8-6-9-14-22)23-15-10-7-11-16-23/h6-18,21,24,28H,4-5,19-20H2,1-3H3,(H,33,36)/t21-,28-/m1/s1. The fourth-order valence-electron chi connectivity index (χ4n) is 4.31. The van der Waals surface area contributed by atoms with Gasteiger partial charge in [-0.1, -0.05) is 104 Å². The molecule has 1 N–H and O–H groups in total. The molecule has 2 atom stereocenters. The van der Waals surface area contributed by atoms with Crippen LogP contribution in [0.4, 0.5) is 0 Å². The van der Waals surface area contributed by atoms with Gasteiger partial charge < -0.3 is 10.2 Å². The van der Waals surface area contributed by atoms with Crippen LogP contribution < -0.4 is 5.32 Å². The predicted molar refractivity (Wildman–Crippen MR) is 148 cm³/mol. The quantitative estimate of drug-likeness (QED) is 0.287. The molecule has 0 spiro atoms. The molecule has 0 saturated heterocycles. The summed E-state index contributed by atoms with van der Waals surface area (Å²) in [5.41, 5.74) is 2.73. The van der Waals surface area contributed by atoms with Crippen molar-refractivity contribution in [1.29, 1.82) is 0 Å². The Labute approximate surface area is 224 Å². The van der Waals surface area contributed by atoms with Gasteiger partial charge in [-0.3, -0.25) is 9.59 Å². The zero-order chi connectivity index (χ0) is 26.1. The SMILES string of the molecule is CC[C@@H](C)NC(=O)[C@@H](CC)N(Cc1c(Cl)cccc1Cl)C(=O)CC(c1ccccc1)c1ccccc1. The molecule has 4 nitrogen and oxygen atoms in total. The summed E-state index contributed by atoms with van der Waals surface area (Å²) in [5.74, 6) is -0.451. The number of amides is 2. The van der Waals surface area contributed by atoms with Crippen molar-refractivity contribution in [2.75, 3.05) is 0 Å². The van der Waals surface area contributed by atoms with Crippen LogP contribution in [0, 0.1) is 0 Å². The van der Waals surface area contributed by atoms with Crippen molar-refractivity contribution in [3.05, 3.63) is 106 Å². The number of hydrogen-bond acceptors (Lipinski definition) is 2. The average molecular weight is 526 g/mol. The van der Waals surface area contributed by atoms with Gasteiger partial charge >= 0.3 is 0 Å². The third-order valence-electron chi connectivity index (χ3n) is 6.56. The van der Waals surface area contributed by atoms with Crippen molar-refractivity contribution in [2.45, 2.75) is 64.6 Å². The maximum atomic E-state index is 14.0. The molecule has 0 heterocycles. The van der Waals surface area contributed by atoms with E-state index in [0.29, 0.717) is 22.0 Å². The van der Waals surface area contributed by atoms with Crippen molar-refractivity contribution in [3.63, 3.8) is 0 Å². The fourth-order valence-corrected chi connectivity index (χ4v) is 4.82. The minimum absolute atomic E-state index is 0.00814. The summed E-state index contributed by atoms with van der Waals surface area (Å²) in [5, 5.41) is 3.99. The molecule has 190 valence electrons. The minimum atomic E-state index is -0.647. The summed E-state index contributed by atoms with van der Waals surface area (Å²) in [6, 6.07) is 24.6. The summed E-state index contributed by atoms with van der Waals surface area (Å²) in [4.78, 5) is 29.0. The molecule has 3 rings (SSSR count). The van der Waals surface area contributed by atoms with E-state index < -0.39 is 6.04 Å². The van der Waals surface area contributed by atoms with Gasteiger partial charge in [0.25, 0.3) is 0 Å². The van der Waals surface area contributed by atoms with E-state index in [1.165, 1.54) is 0 Å². The van der Waals surface area contributed by atoms with Gasteiger partial charge in [0.15, 0.2) is 0 Å². The molecule has 0 aliphatic carbocycles. The largest absolute Gasteiger partial charge is 0.352 e. The summed E-state index contributed by atoms with van der Waals surface area (Å²) in [6.07, 6.45) is 1.48. The van der Waals surface area contributed by atoms with E-state index >= 15 is 0 Å². The highest BCUT2D eigenvalue weighted by Crippen LogP contribution is 2.31. The van der Waals surface area contributed by atoms with Gasteiger partial charge in [0, 0.05) is 40.5 Å². The van der Waals surface area contributed by atoms with E-state index in [4.69, 9.17) is 23.2 Å². The first-order valence-electron chi connectivity index (χ1n) is 12.5. The van der Waals surface area contributed by atoms with E-state index in [1.54, 1.807) is 23.1 Å². The van der Waals surface area contributed by atoms with Crippen molar-refractivity contribution in [2.24, 2.45) is 0 Å². The smallest absolute Gasteiger partial charge is 0.243 e. The number of carbonyl (C=O) groups excluding carboxylic acids is 2. The van der Waals surface area contributed by atoms with E-state index in [9.17, 15) is 9.59 Å². The lowest BCUT2D eigenvalue weighted by molar-refractivity contribution is -0.141. The normalized spacial score (nSPS) is 12.7. The van der Waals surface area contributed by atoms with Gasteiger partial charge in [0.2, 0.25) is 11.8 Å². The van der Waals surface area contributed by atoms with Crippen LogP contribution >= 0.6 is 23.2 Å². The third kappa shape index (κ3) is 7.11. The van der Waals surface area contributed by atoms with Gasteiger partial charge in [-0.25, -0.2) is 0 Å². The fraction of sp³-hybridized carbons (Fsp3) is 0.333. The van der Waals surface area contributed by atoms with Gasteiger partial charge in [0.05, 0.1) is 0 Å². The molecular formula is C30H34Cl2N2O2. The molecule has 0 aliphatic heterocycles. The number of nitrogens with zero attached hydrogens (tertiary/aromatic N) is 1. The van der Waals surface area contributed by atoms with Crippen molar-refractivity contribution in [1.82, 2.24) is 10.2 Å². The summed E-state index contributed by atoms with van der Waals surface area (Å²) in [6.45, 7) is 6.05. The van der Waals surface area contributed by atoms with Crippen LogP contribution in [0.3, 0.4) is 0 Å². The minimum Gasteiger partial charge on any atom is -0.352 e. The average Bonchev–Trinajstić information content (AvgIpc) is 2.89. The number of carbonyl (C=O) groups is 2. The summed E-state index contributed by atoms with van der Waals surface area (Å²) >= 11 is 13.0. The number of nitrogens with one attached hydrogen (secondary N) is 1. The highest BCUT2D eigenvalue weighted by molar-refractivity contribution is 6.36. The topological polar surface area (TPSA) is 49.4 Å². The predicted octanol–water partition coefficient (Wildman–Crippen LogP) is 7.24. The Hall–Kier alpha value is -2.82. The molecule has 0 bridgehead atoms. The first-order valence-corrected chi connectivity index (χ1v) is 13.2. The molecular weight excluding hydrogens is 491 g/mol. The monoisotopic (exact) mass is 524 g/mol. The van der Waals surface area contributed by atoms with Crippen LogP contribution in [-0.4, -0.2) is 28.8 Å². The molecule has 2 amide bonds. The lowest BCUT2D eigenvalue weighted by Gasteiger charge is -2.33. The third-order valence-corrected chi connectivity index (χ3v) is 7.27. The molecule has 0 radical (unpaired) electrons. The second-order valence-electron chi connectivity index (χ2n) is 9.04. The molecule has 0 aromatic heterocycles. The molecule has 0 fully saturated rings. The molecule has 0 saturated carbocycles. The molecule has 3 aromatic carbocycles. The second kappa shape index (κ2) is 13.5. The van der Waals surface area contributed by atoms with Crippen molar-refractivity contribution < 1.29 is 9.59 Å². The molecule has 36 heavy (non-hydrogen) atoms. The molecule has 3 aromatic rings. The van der Waals surface area contributed by atoms with E-state index in [0.717, 1.165) is 17.5 Å². The second-order valence-corrected chi connectivity index (χ2v) is 9.86. The van der Waals surface area contributed by atoms with Crippen LogP contribution in [-0.2, 0) is 16.1 Å². The van der Waals surface area contributed by atoms with Gasteiger partial charge in [-0.05, 0) is 43.0 Å². The van der Waals surface area contributed by atoms with Gasteiger partial charge in [0.1, 0.15) is 6.04 Å². The number of rotatable bonds is 11. The Balaban J connectivity index is 2.00. The Morgan fingerprint density at radius 2 is 1.33 bits per heavy atom. The summed E-state index contributed by atoms with van der Waals surface area (Å²) in [7, 11) is 0. The zero-order valence-electron chi connectivity index (χ0n) is 21.1. The Bertz CT molecular complexity index is 1080. The number of benzene rings is 3. The van der Waals surface area contributed by atoms with Crippen LogP contribution in [0.15, 0.2) is 78.9 Å². The Morgan fingerprint density at radius 3 is 1.81 bits per heavy atom. The zero-order valence-corrected chi connectivity index (χ0v) is 22.6. The van der Waals surface area contributed by atoms with Crippen molar-refractivity contribution >= 4 is 35.0 Å². The number of hydrogen-bond donors (Lipinski definition) is 1. The maximum Gasteiger partial charge on any atom is 0.243 e. The first-order chi connectivity index (χ1) is 17.3. The van der Waals surface area contributed by atoms with Gasteiger partial charge in [-0.2, -0.15) is 0 Å². The molecule has 0 aliphatic rings. The number of halogens is 2. The van der Waals surface area contributed by atoms with Gasteiger partial charge in [-0.15, -0.1) is 0 Å². The Kier molecular flexibility index (Phi) is 10.4. The lowest BCUT2D eigenvalue weighted by Crippen LogP contribution is -2.51. The van der Waals surface area contributed by atoms with Crippen LogP contribution in [0.5, 0.6) is 0 Å². The lowest BCUT2D eigenvalue weighted by atomic mass is 9.88. The van der Waals surface area contributed by atoms with E-state index in [1.807, 2.05) is 81.4 Å². The molecule has 6 heteroatoms. The van der Waals surface area contributed by atoms with Crippen molar-refractivity contribution in [3.8, 4) is 0 Å². The Morgan fingerprint density at radius 1 is 0.806 bits per heavy atom. The van der Waals surface area contributed by atoms with Crippen LogP contribution in [0.25, 0.3) is 0 Å². The highest BCUT2D eigenvalue weighted by Gasteiger charge is 2.32. The molecule has 0 unspecified atom stereocenters. The first kappa shape index (κ1) is 27.8. The maximum absolute atomic E-state index is 14.0. The van der Waals surface area contributed by atoms with Crippen LogP contribution in [0.2, 0.25) is 10.0 Å². The van der Waals surface area contributed by atoms with E-state index in [-0.39, 0.29) is 36.7 Å². The summed E-state index contributed by atoms with van der Waals surface area (Å²) < 4.78 is 0. The highest BCUT2D eigenvalue weighted by atomic mass is 35.5. The van der Waals surface area contributed by atoms with Crippen LogP contribution in [0.1, 0.15) is 62.6 Å².